The summed E-state index contributed by atoms with van der Waals surface area (Å²) in [6, 6.07) is 10.6. The second-order valence-electron chi connectivity index (χ2n) is 7.55. The molecule has 2 heterocycles. The van der Waals surface area contributed by atoms with Gasteiger partial charge < -0.3 is 14.7 Å². The first-order valence-electron chi connectivity index (χ1n) is 10.2. The number of fused-ring (bicyclic) bond motifs is 1. The van der Waals surface area contributed by atoms with Crippen LogP contribution in [0.4, 0.5) is 0 Å². The molecule has 2 N–H and O–H groups in total. The zero-order valence-electron chi connectivity index (χ0n) is 17.5. The number of amides is 1. The van der Waals surface area contributed by atoms with Gasteiger partial charge in [0.15, 0.2) is 0 Å². The highest BCUT2D eigenvalue weighted by atomic mass is 35.5. The van der Waals surface area contributed by atoms with E-state index < -0.39 is 0 Å². The summed E-state index contributed by atoms with van der Waals surface area (Å²) in [6.45, 7) is 8.70. The Bertz CT molecular complexity index is 1140. The summed E-state index contributed by atoms with van der Waals surface area (Å²) < 4.78 is 5.69. The van der Waals surface area contributed by atoms with Gasteiger partial charge in [-0.15, -0.1) is 6.58 Å². The van der Waals surface area contributed by atoms with Crippen molar-refractivity contribution in [2.75, 3.05) is 13.2 Å². The molecule has 3 aromatic rings. The van der Waals surface area contributed by atoms with Gasteiger partial charge in [0.05, 0.1) is 12.6 Å². The fourth-order valence-corrected chi connectivity index (χ4v) is 4.06. The van der Waals surface area contributed by atoms with Crippen LogP contribution in [0, 0.1) is 6.92 Å². The monoisotopic (exact) mass is 437 g/mol. The Morgan fingerprint density at radius 3 is 2.74 bits per heavy atom. The van der Waals surface area contributed by atoms with Crippen LogP contribution in [-0.4, -0.2) is 39.3 Å². The number of H-pyrrole nitrogens is 1. The van der Waals surface area contributed by atoms with Gasteiger partial charge in [0.25, 0.3) is 5.91 Å². The van der Waals surface area contributed by atoms with Crippen molar-refractivity contribution in [3.63, 3.8) is 0 Å². The van der Waals surface area contributed by atoms with Gasteiger partial charge in [-0.25, -0.2) is 0 Å². The summed E-state index contributed by atoms with van der Waals surface area (Å²) in [7, 11) is 0. The SMILES string of the molecule is C=CCN1C(=O)c2[nH]nc(-c3cc(Cl)c(C)cc3O)c2C1c1ccc(OCCC)cc1. The van der Waals surface area contributed by atoms with Crippen LogP contribution < -0.4 is 4.74 Å². The van der Waals surface area contributed by atoms with Crippen molar-refractivity contribution in [2.24, 2.45) is 0 Å². The van der Waals surface area contributed by atoms with Crippen molar-refractivity contribution in [3.05, 3.63) is 76.5 Å². The third-order valence-corrected chi connectivity index (χ3v) is 5.80. The number of nitrogens with zero attached hydrogens (tertiary/aromatic N) is 2. The summed E-state index contributed by atoms with van der Waals surface area (Å²) in [5, 5.41) is 18.4. The highest BCUT2D eigenvalue weighted by Crippen LogP contribution is 2.45. The number of ether oxygens (including phenoxy) is 1. The number of aromatic hydroxyl groups is 1. The van der Waals surface area contributed by atoms with Crippen molar-refractivity contribution in [1.29, 1.82) is 0 Å². The molecule has 1 atom stereocenters. The molecule has 1 aliphatic rings. The lowest BCUT2D eigenvalue weighted by atomic mass is 9.95. The maximum Gasteiger partial charge on any atom is 0.273 e. The highest BCUT2D eigenvalue weighted by Gasteiger charge is 2.42. The van der Waals surface area contributed by atoms with Gasteiger partial charge >= 0.3 is 0 Å². The molecule has 4 rings (SSSR count). The summed E-state index contributed by atoms with van der Waals surface area (Å²) in [5.41, 5.74) is 3.78. The van der Waals surface area contributed by atoms with Crippen molar-refractivity contribution < 1.29 is 14.6 Å². The topological polar surface area (TPSA) is 78.5 Å². The molecule has 0 fully saturated rings. The maximum absolute atomic E-state index is 13.1. The van der Waals surface area contributed by atoms with Crippen LogP contribution in [0.25, 0.3) is 11.3 Å². The highest BCUT2D eigenvalue weighted by molar-refractivity contribution is 6.31. The van der Waals surface area contributed by atoms with Gasteiger partial charge in [0.1, 0.15) is 22.9 Å². The van der Waals surface area contributed by atoms with E-state index in [0.29, 0.717) is 40.7 Å². The van der Waals surface area contributed by atoms with Gasteiger partial charge in [-0.05, 0) is 48.7 Å². The smallest absolute Gasteiger partial charge is 0.273 e. The Morgan fingerprint density at radius 2 is 2.06 bits per heavy atom. The molecule has 7 heteroatoms. The minimum Gasteiger partial charge on any atom is -0.507 e. The molecule has 6 nitrogen and oxygen atoms in total. The number of phenolic OH excluding ortho intramolecular Hbond substituents is 1. The number of aromatic amines is 1. The molecule has 160 valence electrons. The predicted octanol–water partition coefficient (Wildman–Crippen LogP) is 5.26. The third-order valence-electron chi connectivity index (χ3n) is 5.39. The first-order chi connectivity index (χ1) is 15.0. The number of benzene rings is 2. The number of hydrogen-bond acceptors (Lipinski definition) is 4. The molecule has 1 aromatic heterocycles. The lowest BCUT2D eigenvalue weighted by Crippen LogP contribution is -2.29. The van der Waals surface area contributed by atoms with E-state index >= 15 is 0 Å². The van der Waals surface area contributed by atoms with E-state index in [4.69, 9.17) is 16.3 Å². The molecule has 0 saturated carbocycles. The number of aromatic nitrogens is 2. The van der Waals surface area contributed by atoms with Crippen LogP contribution in [0.1, 0.15) is 46.6 Å². The second kappa shape index (κ2) is 8.47. The molecule has 0 bridgehead atoms. The fourth-order valence-electron chi connectivity index (χ4n) is 3.90. The Balaban J connectivity index is 1.83. The Kier molecular flexibility index (Phi) is 5.74. The second-order valence-corrected chi connectivity index (χ2v) is 7.95. The number of carbonyl (C=O) groups is 1. The van der Waals surface area contributed by atoms with Crippen LogP contribution >= 0.6 is 11.6 Å². The molecule has 0 saturated heterocycles. The Hall–Kier alpha value is -3.25. The Labute approximate surface area is 186 Å². The maximum atomic E-state index is 13.1. The van der Waals surface area contributed by atoms with Crippen LogP contribution in [-0.2, 0) is 0 Å². The molecule has 2 aromatic carbocycles. The molecule has 1 aliphatic heterocycles. The van der Waals surface area contributed by atoms with E-state index in [1.54, 1.807) is 23.1 Å². The zero-order valence-corrected chi connectivity index (χ0v) is 18.2. The molecular formula is C24H24ClN3O3. The largest absolute Gasteiger partial charge is 0.507 e. The Morgan fingerprint density at radius 1 is 1.32 bits per heavy atom. The summed E-state index contributed by atoms with van der Waals surface area (Å²) in [5.74, 6) is 0.677. The molecule has 31 heavy (non-hydrogen) atoms. The van der Waals surface area contributed by atoms with Crippen molar-refractivity contribution >= 4 is 17.5 Å². The van der Waals surface area contributed by atoms with Crippen molar-refractivity contribution in [2.45, 2.75) is 26.3 Å². The van der Waals surface area contributed by atoms with E-state index in [9.17, 15) is 9.90 Å². The van der Waals surface area contributed by atoms with Crippen LogP contribution in [0.5, 0.6) is 11.5 Å². The molecule has 0 spiro atoms. The summed E-state index contributed by atoms with van der Waals surface area (Å²) >= 11 is 6.32. The number of aryl methyl sites for hydroxylation is 1. The van der Waals surface area contributed by atoms with Crippen molar-refractivity contribution in [3.8, 4) is 22.8 Å². The first-order valence-corrected chi connectivity index (χ1v) is 10.6. The summed E-state index contributed by atoms with van der Waals surface area (Å²) in [4.78, 5) is 14.9. The van der Waals surface area contributed by atoms with E-state index in [0.717, 1.165) is 23.3 Å². The van der Waals surface area contributed by atoms with Crippen LogP contribution in [0.2, 0.25) is 5.02 Å². The number of rotatable bonds is 7. The number of halogens is 1. The normalized spacial score (nSPS) is 15.3. The van der Waals surface area contributed by atoms with E-state index in [1.165, 1.54) is 0 Å². The average Bonchev–Trinajstić information content (AvgIpc) is 3.29. The minimum absolute atomic E-state index is 0.0629. The number of nitrogens with one attached hydrogen (secondary N) is 1. The van der Waals surface area contributed by atoms with Crippen LogP contribution in [0.15, 0.2) is 49.1 Å². The van der Waals surface area contributed by atoms with E-state index in [1.807, 2.05) is 31.2 Å². The fraction of sp³-hybridized carbons (Fsp3) is 0.250. The predicted molar refractivity (Wildman–Crippen MR) is 121 cm³/mol. The number of hydrogen-bond donors (Lipinski definition) is 2. The average molecular weight is 438 g/mol. The molecule has 0 radical (unpaired) electrons. The first kappa shape index (κ1) is 21.0. The van der Waals surface area contributed by atoms with E-state index in [-0.39, 0.29) is 17.7 Å². The number of phenols is 1. The van der Waals surface area contributed by atoms with Gasteiger partial charge in [0.2, 0.25) is 0 Å². The van der Waals surface area contributed by atoms with E-state index in [2.05, 4.69) is 23.7 Å². The quantitative estimate of drug-likeness (QED) is 0.494. The zero-order chi connectivity index (χ0) is 22.1. The van der Waals surface area contributed by atoms with Crippen LogP contribution in [0.3, 0.4) is 0 Å². The van der Waals surface area contributed by atoms with Crippen molar-refractivity contribution in [1.82, 2.24) is 15.1 Å². The molecule has 1 amide bonds. The third kappa shape index (κ3) is 3.68. The van der Waals surface area contributed by atoms with Gasteiger partial charge in [0, 0.05) is 22.7 Å². The van der Waals surface area contributed by atoms with Gasteiger partial charge in [-0.2, -0.15) is 5.10 Å². The standard InChI is InChI=1S/C24H24ClN3O3/c1-4-10-28-23(15-6-8-16(9-7-15)31-11-5-2)20-21(26-27-22(20)24(28)30)17-13-18(25)14(3)12-19(17)29/h4,6-9,12-13,23,29H,1,5,10-11H2,2-3H3,(H,26,27). The molecule has 0 aliphatic carbocycles. The lowest BCUT2D eigenvalue weighted by Gasteiger charge is -2.25. The molecule has 1 unspecified atom stereocenters. The van der Waals surface area contributed by atoms with Gasteiger partial charge in [-0.1, -0.05) is 36.7 Å². The number of carbonyl (C=O) groups excluding carboxylic acids is 1. The lowest BCUT2D eigenvalue weighted by molar-refractivity contribution is 0.0764. The van der Waals surface area contributed by atoms with Gasteiger partial charge in [-0.3, -0.25) is 9.89 Å². The summed E-state index contributed by atoms with van der Waals surface area (Å²) in [6.07, 6.45) is 2.62. The molecular weight excluding hydrogens is 414 g/mol. The minimum atomic E-state index is -0.381.